The smallest absolute Gasteiger partial charge is 0.408 e. The SMILES string of the molecule is C=C=CC(CC(C)C(=O)O)NC(=O)OC(C)(C)C. The van der Waals surface area contributed by atoms with Crippen LogP contribution in [-0.2, 0) is 9.53 Å². The van der Waals surface area contributed by atoms with Gasteiger partial charge in [0.05, 0.1) is 12.0 Å². The molecule has 5 nitrogen and oxygen atoms in total. The summed E-state index contributed by atoms with van der Waals surface area (Å²) in [5.74, 6) is -1.49. The van der Waals surface area contributed by atoms with Crippen LogP contribution < -0.4 is 5.32 Å². The number of aliphatic carboxylic acids is 1. The third-order valence-electron chi connectivity index (χ3n) is 2.05. The molecular weight excluding hydrogens is 234 g/mol. The molecule has 0 bridgehead atoms. The molecule has 0 rings (SSSR count). The topological polar surface area (TPSA) is 75.6 Å². The largest absolute Gasteiger partial charge is 0.481 e. The molecule has 102 valence electrons. The molecule has 18 heavy (non-hydrogen) atoms. The second-order valence-electron chi connectivity index (χ2n) is 5.10. The van der Waals surface area contributed by atoms with Crippen molar-refractivity contribution < 1.29 is 19.4 Å². The maximum Gasteiger partial charge on any atom is 0.408 e. The Bertz CT molecular complexity index is 350. The van der Waals surface area contributed by atoms with E-state index in [1.54, 1.807) is 27.7 Å². The van der Waals surface area contributed by atoms with Crippen LogP contribution in [0.3, 0.4) is 0 Å². The summed E-state index contributed by atoms with van der Waals surface area (Å²) in [5.41, 5.74) is 1.95. The van der Waals surface area contributed by atoms with Crippen molar-refractivity contribution in [2.45, 2.75) is 45.8 Å². The highest BCUT2D eigenvalue weighted by Crippen LogP contribution is 2.10. The van der Waals surface area contributed by atoms with Crippen LogP contribution >= 0.6 is 0 Å². The first-order valence-electron chi connectivity index (χ1n) is 5.74. The second-order valence-corrected chi connectivity index (χ2v) is 5.10. The zero-order valence-corrected chi connectivity index (χ0v) is 11.3. The first kappa shape index (κ1) is 16.3. The number of rotatable bonds is 5. The molecule has 0 saturated carbocycles. The minimum Gasteiger partial charge on any atom is -0.481 e. The van der Waals surface area contributed by atoms with Crippen molar-refractivity contribution >= 4 is 12.1 Å². The van der Waals surface area contributed by atoms with Crippen molar-refractivity contribution in [2.75, 3.05) is 0 Å². The highest BCUT2D eigenvalue weighted by Gasteiger charge is 2.21. The van der Waals surface area contributed by atoms with Crippen molar-refractivity contribution in [1.29, 1.82) is 0 Å². The summed E-state index contributed by atoms with van der Waals surface area (Å²) in [6.07, 6.45) is 1.19. The van der Waals surface area contributed by atoms with E-state index in [0.717, 1.165) is 0 Å². The Hall–Kier alpha value is -1.74. The highest BCUT2D eigenvalue weighted by molar-refractivity contribution is 5.70. The molecule has 1 amide bonds. The Kier molecular flexibility index (Phi) is 6.20. The van der Waals surface area contributed by atoms with E-state index in [1.165, 1.54) is 6.08 Å². The molecule has 2 atom stereocenters. The standard InChI is InChI=1S/C13H21NO4/c1-6-7-10(8-9(2)11(15)16)14-12(17)18-13(3,4)5/h7,9-10H,1,8H2,2-5H3,(H,14,17)(H,15,16). The van der Waals surface area contributed by atoms with E-state index < -0.39 is 29.6 Å². The molecule has 2 unspecified atom stereocenters. The highest BCUT2D eigenvalue weighted by atomic mass is 16.6. The molecule has 0 spiro atoms. The Balaban J connectivity index is 4.49. The third-order valence-corrected chi connectivity index (χ3v) is 2.05. The molecule has 0 aliphatic rings. The number of alkyl carbamates (subject to hydrolysis) is 1. The van der Waals surface area contributed by atoms with Crippen molar-refractivity contribution in [3.63, 3.8) is 0 Å². The zero-order chi connectivity index (χ0) is 14.3. The third kappa shape index (κ3) is 7.52. The number of carboxylic acids is 1. The number of amides is 1. The average Bonchev–Trinajstić information content (AvgIpc) is 2.14. The molecule has 0 aliphatic carbocycles. The molecule has 0 heterocycles. The first-order valence-corrected chi connectivity index (χ1v) is 5.74. The van der Waals surface area contributed by atoms with Gasteiger partial charge in [0.15, 0.2) is 0 Å². The fourth-order valence-corrected chi connectivity index (χ4v) is 1.25. The van der Waals surface area contributed by atoms with E-state index in [2.05, 4.69) is 17.6 Å². The van der Waals surface area contributed by atoms with Gasteiger partial charge in [-0.25, -0.2) is 4.79 Å². The number of hydrogen-bond donors (Lipinski definition) is 2. The molecule has 0 aromatic carbocycles. The Morgan fingerprint density at radius 1 is 1.50 bits per heavy atom. The van der Waals surface area contributed by atoms with Gasteiger partial charge >= 0.3 is 12.1 Å². The summed E-state index contributed by atoms with van der Waals surface area (Å²) in [7, 11) is 0. The predicted octanol–water partition coefficient (Wildman–Crippen LogP) is 2.33. The molecule has 0 saturated heterocycles. The van der Waals surface area contributed by atoms with E-state index in [9.17, 15) is 9.59 Å². The number of carbonyl (C=O) groups excluding carboxylic acids is 1. The van der Waals surface area contributed by atoms with E-state index in [0.29, 0.717) is 0 Å². The van der Waals surface area contributed by atoms with Gasteiger partial charge in [-0.05, 0) is 33.3 Å². The summed E-state index contributed by atoms with van der Waals surface area (Å²) >= 11 is 0. The van der Waals surface area contributed by atoms with Crippen LogP contribution in [0.4, 0.5) is 4.79 Å². The van der Waals surface area contributed by atoms with Crippen LogP contribution in [0.25, 0.3) is 0 Å². The van der Waals surface area contributed by atoms with Crippen LogP contribution in [0.1, 0.15) is 34.1 Å². The van der Waals surface area contributed by atoms with Gasteiger partial charge in [0.2, 0.25) is 0 Å². The van der Waals surface area contributed by atoms with Gasteiger partial charge in [0.1, 0.15) is 5.60 Å². The van der Waals surface area contributed by atoms with E-state index in [1.807, 2.05) is 0 Å². The van der Waals surface area contributed by atoms with Crippen LogP contribution in [0.2, 0.25) is 0 Å². The lowest BCUT2D eigenvalue weighted by Gasteiger charge is -2.22. The summed E-state index contributed by atoms with van der Waals surface area (Å²) in [5, 5.41) is 11.4. The maximum atomic E-state index is 11.5. The van der Waals surface area contributed by atoms with Gasteiger partial charge < -0.3 is 15.2 Å². The summed E-state index contributed by atoms with van der Waals surface area (Å²) in [4.78, 5) is 22.3. The molecule has 0 aliphatic heterocycles. The van der Waals surface area contributed by atoms with Crippen LogP contribution in [-0.4, -0.2) is 28.8 Å². The molecule has 0 aromatic rings. The van der Waals surface area contributed by atoms with Gasteiger partial charge in [0.25, 0.3) is 0 Å². The average molecular weight is 255 g/mol. The molecule has 5 heteroatoms. The Morgan fingerprint density at radius 2 is 2.06 bits per heavy atom. The lowest BCUT2D eigenvalue weighted by molar-refractivity contribution is -0.141. The fraction of sp³-hybridized carbons (Fsp3) is 0.615. The number of carboxylic acid groups (broad SMARTS) is 1. The molecular formula is C13H21NO4. The summed E-state index contributed by atoms with van der Waals surface area (Å²) in [6.45, 7) is 10.3. The molecule has 0 radical (unpaired) electrons. The van der Waals surface area contributed by atoms with Crippen molar-refractivity contribution in [3.05, 3.63) is 18.4 Å². The number of carbonyl (C=O) groups is 2. The quantitative estimate of drug-likeness (QED) is 0.739. The zero-order valence-electron chi connectivity index (χ0n) is 11.3. The molecule has 0 aromatic heterocycles. The molecule has 0 fully saturated rings. The van der Waals surface area contributed by atoms with Gasteiger partial charge in [-0.2, -0.15) is 0 Å². The van der Waals surface area contributed by atoms with Crippen LogP contribution in [0.15, 0.2) is 18.4 Å². The van der Waals surface area contributed by atoms with E-state index >= 15 is 0 Å². The van der Waals surface area contributed by atoms with Crippen LogP contribution in [0, 0.1) is 5.92 Å². The Labute approximate surface area is 108 Å². The predicted molar refractivity (Wildman–Crippen MR) is 68.3 cm³/mol. The number of ether oxygens (including phenoxy) is 1. The fourth-order valence-electron chi connectivity index (χ4n) is 1.25. The lowest BCUT2D eigenvalue weighted by Crippen LogP contribution is -2.39. The lowest BCUT2D eigenvalue weighted by atomic mass is 10.0. The van der Waals surface area contributed by atoms with Gasteiger partial charge in [0, 0.05) is 0 Å². The minimum atomic E-state index is -0.913. The Morgan fingerprint density at radius 3 is 2.44 bits per heavy atom. The van der Waals surface area contributed by atoms with Gasteiger partial charge in [-0.15, -0.1) is 5.73 Å². The molecule has 2 N–H and O–H groups in total. The van der Waals surface area contributed by atoms with Crippen LogP contribution in [0.5, 0.6) is 0 Å². The van der Waals surface area contributed by atoms with Crippen molar-refractivity contribution in [2.24, 2.45) is 5.92 Å². The summed E-state index contributed by atoms with van der Waals surface area (Å²) < 4.78 is 5.09. The van der Waals surface area contributed by atoms with Gasteiger partial charge in [-0.3, -0.25) is 4.79 Å². The summed E-state index contributed by atoms with van der Waals surface area (Å²) in [6, 6.07) is -0.455. The number of hydrogen-bond acceptors (Lipinski definition) is 3. The van der Waals surface area contributed by atoms with Crippen molar-refractivity contribution in [3.8, 4) is 0 Å². The first-order chi connectivity index (χ1) is 8.15. The normalized spacial score (nSPS) is 14.0. The maximum absolute atomic E-state index is 11.5. The van der Waals surface area contributed by atoms with Gasteiger partial charge in [-0.1, -0.05) is 13.5 Å². The monoisotopic (exact) mass is 255 g/mol. The van der Waals surface area contributed by atoms with E-state index in [4.69, 9.17) is 9.84 Å². The minimum absolute atomic E-state index is 0.261. The second kappa shape index (κ2) is 6.87. The van der Waals surface area contributed by atoms with E-state index in [-0.39, 0.29) is 6.42 Å². The number of nitrogens with one attached hydrogen (secondary N) is 1. The van der Waals surface area contributed by atoms with Crippen molar-refractivity contribution in [1.82, 2.24) is 5.32 Å².